The number of rotatable bonds is 3. The summed E-state index contributed by atoms with van der Waals surface area (Å²) >= 11 is 6.85. The molecule has 2 aromatic rings. The maximum absolute atomic E-state index is 11.0. The minimum Gasteiger partial charge on any atom is -0.397 e. The zero-order valence-corrected chi connectivity index (χ0v) is 13.0. The highest BCUT2D eigenvalue weighted by Crippen LogP contribution is 2.31. The van der Waals surface area contributed by atoms with Gasteiger partial charge in [-0.05, 0) is 52.3 Å². The number of benzene rings is 2. The second-order valence-electron chi connectivity index (χ2n) is 3.92. The lowest BCUT2D eigenvalue weighted by Gasteiger charge is -2.12. The molecule has 0 unspecified atom stereocenters. The zero-order valence-electron chi connectivity index (χ0n) is 9.78. The van der Waals surface area contributed by atoms with E-state index in [4.69, 9.17) is 11.5 Å². The Morgan fingerprint density at radius 1 is 1.05 bits per heavy atom. The summed E-state index contributed by atoms with van der Waals surface area (Å²) in [5.74, 6) is -0.497. The number of nitrogen functional groups attached to an aromatic ring is 1. The molecule has 0 aliphatic rings. The summed E-state index contributed by atoms with van der Waals surface area (Å²) in [5, 5.41) is 3.19. The monoisotopic (exact) mass is 383 g/mol. The molecule has 98 valence electrons. The molecule has 19 heavy (non-hydrogen) atoms. The van der Waals surface area contributed by atoms with Crippen LogP contribution in [0, 0.1) is 0 Å². The van der Waals surface area contributed by atoms with Crippen molar-refractivity contribution in [3.63, 3.8) is 0 Å². The van der Waals surface area contributed by atoms with Gasteiger partial charge >= 0.3 is 0 Å². The number of carbonyl (C=O) groups excluding carboxylic acids is 1. The Hall–Kier alpha value is -1.53. The molecular weight excluding hydrogens is 374 g/mol. The van der Waals surface area contributed by atoms with E-state index in [0.717, 1.165) is 14.6 Å². The fourth-order valence-corrected chi connectivity index (χ4v) is 2.71. The van der Waals surface area contributed by atoms with Crippen LogP contribution in [0.3, 0.4) is 0 Å². The van der Waals surface area contributed by atoms with Crippen molar-refractivity contribution in [3.05, 3.63) is 50.9 Å². The SMILES string of the molecule is NC(=O)c1ccc(Nc2ccc(Br)cc2Br)c(N)c1. The van der Waals surface area contributed by atoms with Gasteiger partial charge in [0.25, 0.3) is 0 Å². The highest BCUT2D eigenvalue weighted by Gasteiger charge is 2.07. The second kappa shape index (κ2) is 5.63. The molecule has 0 saturated carbocycles. The summed E-state index contributed by atoms with van der Waals surface area (Å²) in [7, 11) is 0. The number of nitrogens with two attached hydrogens (primary N) is 2. The van der Waals surface area contributed by atoms with Crippen molar-refractivity contribution >= 4 is 54.8 Å². The maximum Gasteiger partial charge on any atom is 0.248 e. The van der Waals surface area contributed by atoms with Crippen molar-refractivity contribution in [2.45, 2.75) is 0 Å². The molecule has 1 amide bonds. The molecule has 0 aliphatic carbocycles. The molecule has 5 N–H and O–H groups in total. The molecule has 6 heteroatoms. The Kier molecular flexibility index (Phi) is 4.11. The second-order valence-corrected chi connectivity index (χ2v) is 5.69. The van der Waals surface area contributed by atoms with E-state index >= 15 is 0 Å². The van der Waals surface area contributed by atoms with Crippen LogP contribution in [0.25, 0.3) is 0 Å². The van der Waals surface area contributed by atoms with E-state index in [2.05, 4.69) is 37.2 Å². The molecule has 0 aliphatic heterocycles. The minimum atomic E-state index is -0.497. The number of primary amides is 1. The Bertz CT molecular complexity index is 644. The first-order valence-electron chi connectivity index (χ1n) is 5.39. The lowest BCUT2D eigenvalue weighted by molar-refractivity contribution is 0.100. The van der Waals surface area contributed by atoms with Gasteiger partial charge in [0.1, 0.15) is 0 Å². The van der Waals surface area contributed by atoms with E-state index < -0.39 is 5.91 Å². The molecule has 0 fully saturated rings. The van der Waals surface area contributed by atoms with Gasteiger partial charge in [0, 0.05) is 14.5 Å². The summed E-state index contributed by atoms with van der Waals surface area (Å²) in [4.78, 5) is 11.0. The van der Waals surface area contributed by atoms with Gasteiger partial charge in [0.15, 0.2) is 0 Å². The summed E-state index contributed by atoms with van der Waals surface area (Å²) in [6.07, 6.45) is 0. The predicted octanol–water partition coefficient (Wildman–Crippen LogP) is 3.64. The van der Waals surface area contributed by atoms with Gasteiger partial charge < -0.3 is 16.8 Å². The molecule has 0 saturated heterocycles. The topological polar surface area (TPSA) is 81.1 Å². The van der Waals surface area contributed by atoms with Crippen molar-refractivity contribution in [1.29, 1.82) is 0 Å². The average Bonchev–Trinajstić information content (AvgIpc) is 2.34. The fourth-order valence-electron chi connectivity index (χ4n) is 1.57. The number of amides is 1. The molecule has 0 heterocycles. The molecule has 0 bridgehead atoms. The van der Waals surface area contributed by atoms with Crippen molar-refractivity contribution in [1.82, 2.24) is 0 Å². The van der Waals surface area contributed by atoms with E-state index in [1.54, 1.807) is 18.2 Å². The maximum atomic E-state index is 11.0. The van der Waals surface area contributed by atoms with E-state index in [0.29, 0.717) is 16.9 Å². The highest BCUT2D eigenvalue weighted by atomic mass is 79.9. The molecular formula is C13H11Br2N3O. The first-order chi connectivity index (χ1) is 8.97. The Balaban J connectivity index is 2.31. The van der Waals surface area contributed by atoms with Gasteiger partial charge in [-0.3, -0.25) is 4.79 Å². The highest BCUT2D eigenvalue weighted by molar-refractivity contribution is 9.11. The Morgan fingerprint density at radius 2 is 1.74 bits per heavy atom. The molecule has 0 spiro atoms. The fraction of sp³-hybridized carbons (Fsp3) is 0. The normalized spacial score (nSPS) is 10.2. The van der Waals surface area contributed by atoms with Gasteiger partial charge in [-0.15, -0.1) is 0 Å². The van der Waals surface area contributed by atoms with Crippen LogP contribution in [0.5, 0.6) is 0 Å². The number of nitrogens with one attached hydrogen (secondary N) is 1. The third-order valence-corrected chi connectivity index (χ3v) is 3.69. The van der Waals surface area contributed by atoms with Crippen molar-refractivity contribution in [3.8, 4) is 0 Å². The van der Waals surface area contributed by atoms with Gasteiger partial charge in [0.2, 0.25) is 5.91 Å². The Morgan fingerprint density at radius 3 is 2.32 bits per heavy atom. The van der Waals surface area contributed by atoms with Gasteiger partial charge in [0.05, 0.1) is 17.1 Å². The Labute approximate surface area is 127 Å². The van der Waals surface area contributed by atoms with Gasteiger partial charge in [-0.2, -0.15) is 0 Å². The summed E-state index contributed by atoms with van der Waals surface area (Å²) in [5.41, 5.74) is 13.5. The predicted molar refractivity (Wildman–Crippen MR) is 84.5 cm³/mol. The standard InChI is InChI=1S/C13H11Br2N3O/c14-8-2-4-11(9(15)6-8)18-12-3-1-7(13(17)19)5-10(12)16/h1-6,18H,16H2,(H2,17,19). The van der Waals surface area contributed by atoms with Crippen molar-refractivity contribution < 1.29 is 4.79 Å². The third-order valence-electron chi connectivity index (χ3n) is 2.54. The van der Waals surface area contributed by atoms with Crippen molar-refractivity contribution in [2.75, 3.05) is 11.1 Å². The van der Waals surface area contributed by atoms with Crippen LogP contribution >= 0.6 is 31.9 Å². The van der Waals surface area contributed by atoms with Crippen LogP contribution in [0.1, 0.15) is 10.4 Å². The molecule has 0 atom stereocenters. The van der Waals surface area contributed by atoms with E-state index in [1.807, 2.05) is 18.2 Å². The minimum absolute atomic E-state index is 0.387. The van der Waals surface area contributed by atoms with Crippen LogP contribution in [0.15, 0.2) is 45.3 Å². The smallest absolute Gasteiger partial charge is 0.248 e. The van der Waals surface area contributed by atoms with Gasteiger partial charge in [-0.1, -0.05) is 15.9 Å². The molecule has 4 nitrogen and oxygen atoms in total. The summed E-state index contributed by atoms with van der Waals surface area (Å²) < 4.78 is 1.88. The number of halogens is 2. The molecule has 2 rings (SSSR count). The molecule has 0 aromatic heterocycles. The summed E-state index contributed by atoms with van der Waals surface area (Å²) in [6, 6.07) is 10.7. The lowest BCUT2D eigenvalue weighted by Crippen LogP contribution is -2.11. The van der Waals surface area contributed by atoms with Crippen LogP contribution in [-0.2, 0) is 0 Å². The van der Waals surface area contributed by atoms with Crippen LogP contribution < -0.4 is 16.8 Å². The largest absolute Gasteiger partial charge is 0.397 e. The van der Waals surface area contributed by atoms with Crippen LogP contribution in [-0.4, -0.2) is 5.91 Å². The van der Waals surface area contributed by atoms with E-state index in [-0.39, 0.29) is 0 Å². The first-order valence-corrected chi connectivity index (χ1v) is 6.97. The average molecular weight is 385 g/mol. The lowest BCUT2D eigenvalue weighted by atomic mass is 10.1. The van der Waals surface area contributed by atoms with E-state index in [1.165, 1.54) is 0 Å². The van der Waals surface area contributed by atoms with Crippen LogP contribution in [0.2, 0.25) is 0 Å². The van der Waals surface area contributed by atoms with Gasteiger partial charge in [-0.25, -0.2) is 0 Å². The number of hydrogen-bond donors (Lipinski definition) is 3. The molecule has 2 aromatic carbocycles. The zero-order chi connectivity index (χ0) is 14.0. The number of hydrogen-bond acceptors (Lipinski definition) is 3. The quantitative estimate of drug-likeness (QED) is 0.706. The third kappa shape index (κ3) is 3.27. The van der Waals surface area contributed by atoms with E-state index in [9.17, 15) is 4.79 Å². The number of carbonyl (C=O) groups is 1. The van der Waals surface area contributed by atoms with Crippen LogP contribution in [0.4, 0.5) is 17.1 Å². The van der Waals surface area contributed by atoms with Crippen molar-refractivity contribution in [2.24, 2.45) is 5.73 Å². The first kappa shape index (κ1) is 13.9. The molecule has 0 radical (unpaired) electrons. The summed E-state index contributed by atoms with van der Waals surface area (Å²) in [6.45, 7) is 0. The number of anilines is 3.